The quantitative estimate of drug-likeness (QED) is 0.550. The van der Waals surface area contributed by atoms with Crippen LogP contribution in [0.4, 0.5) is 0 Å². The van der Waals surface area contributed by atoms with Crippen LogP contribution in [0.3, 0.4) is 0 Å². The first-order valence-corrected chi connectivity index (χ1v) is 4.96. The lowest BCUT2D eigenvalue weighted by atomic mass is 10.2. The lowest BCUT2D eigenvalue weighted by molar-refractivity contribution is 0.554. The Labute approximate surface area is 88.7 Å². The van der Waals surface area contributed by atoms with Crippen molar-refractivity contribution in [3.63, 3.8) is 0 Å². The topological polar surface area (TPSA) is 30.2 Å². The van der Waals surface area contributed by atoms with Crippen LogP contribution in [-0.2, 0) is 0 Å². The van der Waals surface area contributed by atoms with Crippen molar-refractivity contribution in [1.82, 2.24) is 0 Å². The summed E-state index contributed by atoms with van der Waals surface area (Å²) in [5.74, 6) is 0. The molecule has 13 heavy (non-hydrogen) atoms. The number of rotatable bonds is 0. The molecule has 66 valence electrons. The van der Waals surface area contributed by atoms with Crippen LogP contribution in [0, 0.1) is 10.5 Å². The predicted molar refractivity (Wildman–Crippen MR) is 59.9 cm³/mol. The summed E-state index contributed by atoms with van der Waals surface area (Å²) in [6, 6.07) is 7.55. The first-order valence-electron chi connectivity index (χ1n) is 3.88. The molecule has 1 heterocycles. The third-order valence-corrected chi connectivity index (χ3v) is 3.35. The molecule has 1 aromatic heterocycles. The maximum atomic E-state index is 11.3. The number of benzene rings is 1. The maximum Gasteiger partial charge on any atom is 0.340 e. The van der Waals surface area contributed by atoms with E-state index in [1.165, 1.54) is 0 Å². The standard InChI is InChI=1S/C10H7IO2/c1-6-9(11)7-4-2-3-5-8(7)13-10(6)12/h2-5H,1H3. The summed E-state index contributed by atoms with van der Waals surface area (Å²) >= 11 is 2.17. The third-order valence-electron chi connectivity index (χ3n) is 1.96. The Morgan fingerprint density at radius 2 is 2.00 bits per heavy atom. The fourth-order valence-corrected chi connectivity index (χ4v) is 1.87. The van der Waals surface area contributed by atoms with Crippen molar-refractivity contribution < 1.29 is 4.42 Å². The summed E-state index contributed by atoms with van der Waals surface area (Å²) in [5, 5.41) is 1.00. The van der Waals surface area contributed by atoms with Crippen molar-refractivity contribution in [2.45, 2.75) is 6.92 Å². The molecule has 0 spiro atoms. The highest BCUT2D eigenvalue weighted by molar-refractivity contribution is 14.1. The number of hydrogen-bond acceptors (Lipinski definition) is 2. The van der Waals surface area contributed by atoms with Gasteiger partial charge in [0.1, 0.15) is 5.58 Å². The van der Waals surface area contributed by atoms with Gasteiger partial charge < -0.3 is 4.42 Å². The molecule has 0 saturated carbocycles. The summed E-state index contributed by atoms with van der Waals surface area (Å²) in [5.41, 5.74) is 1.09. The molecule has 0 radical (unpaired) electrons. The minimum absolute atomic E-state index is 0.247. The average molecular weight is 286 g/mol. The molecule has 1 aromatic carbocycles. The lowest BCUT2D eigenvalue weighted by Crippen LogP contribution is -2.05. The summed E-state index contributed by atoms with van der Waals surface area (Å²) < 4.78 is 6.09. The SMILES string of the molecule is Cc1c(I)c2ccccc2oc1=O. The van der Waals surface area contributed by atoms with E-state index in [2.05, 4.69) is 22.6 Å². The Bertz CT molecular complexity index is 514. The zero-order chi connectivity index (χ0) is 9.42. The van der Waals surface area contributed by atoms with E-state index in [4.69, 9.17) is 4.42 Å². The molecule has 0 fully saturated rings. The molecule has 0 N–H and O–H groups in total. The second kappa shape index (κ2) is 3.14. The van der Waals surface area contributed by atoms with Crippen molar-refractivity contribution in [2.24, 2.45) is 0 Å². The minimum atomic E-state index is -0.247. The Kier molecular flexibility index (Phi) is 2.11. The van der Waals surface area contributed by atoms with E-state index in [1.54, 1.807) is 13.0 Å². The molecule has 2 aromatic rings. The van der Waals surface area contributed by atoms with Gasteiger partial charge in [0.2, 0.25) is 0 Å². The van der Waals surface area contributed by atoms with E-state index in [0.29, 0.717) is 11.1 Å². The Morgan fingerprint density at radius 1 is 1.31 bits per heavy atom. The zero-order valence-corrected chi connectivity index (χ0v) is 9.16. The summed E-state index contributed by atoms with van der Waals surface area (Å²) in [7, 11) is 0. The first-order chi connectivity index (χ1) is 6.20. The molecular formula is C10H7IO2. The number of para-hydroxylation sites is 1. The molecule has 0 amide bonds. The van der Waals surface area contributed by atoms with Gasteiger partial charge in [-0.2, -0.15) is 0 Å². The Morgan fingerprint density at radius 3 is 2.77 bits per heavy atom. The van der Waals surface area contributed by atoms with Gasteiger partial charge in [0.15, 0.2) is 0 Å². The fourth-order valence-electron chi connectivity index (χ4n) is 1.20. The van der Waals surface area contributed by atoms with Crippen LogP contribution in [0.1, 0.15) is 5.56 Å². The molecule has 0 unspecified atom stereocenters. The fraction of sp³-hybridized carbons (Fsp3) is 0.100. The third kappa shape index (κ3) is 1.37. The number of halogens is 1. The van der Waals surface area contributed by atoms with Crippen LogP contribution in [0.5, 0.6) is 0 Å². The van der Waals surface area contributed by atoms with E-state index < -0.39 is 0 Å². The molecular weight excluding hydrogens is 279 g/mol. The van der Waals surface area contributed by atoms with E-state index >= 15 is 0 Å². The molecule has 0 aliphatic carbocycles. The minimum Gasteiger partial charge on any atom is -0.422 e. The molecule has 0 saturated heterocycles. The first kappa shape index (κ1) is 8.74. The van der Waals surface area contributed by atoms with Gasteiger partial charge in [0.05, 0.1) is 0 Å². The van der Waals surface area contributed by atoms with Crippen molar-refractivity contribution >= 4 is 33.6 Å². The van der Waals surface area contributed by atoms with Gasteiger partial charge in [-0.05, 0) is 35.6 Å². The van der Waals surface area contributed by atoms with Crippen LogP contribution in [0.15, 0.2) is 33.5 Å². The lowest BCUT2D eigenvalue weighted by Gasteiger charge is -2.00. The Balaban J connectivity index is 3.02. The highest BCUT2D eigenvalue weighted by Gasteiger charge is 2.06. The van der Waals surface area contributed by atoms with Crippen LogP contribution >= 0.6 is 22.6 Å². The smallest absolute Gasteiger partial charge is 0.340 e. The van der Waals surface area contributed by atoms with Gasteiger partial charge >= 0.3 is 5.63 Å². The molecule has 0 bridgehead atoms. The molecule has 0 aliphatic rings. The van der Waals surface area contributed by atoms with Gasteiger partial charge in [0.25, 0.3) is 0 Å². The maximum absolute atomic E-state index is 11.3. The molecule has 3 heteroatoms. The van der Waals surface area contributed by atoms with Crippen LogP contribution < -0.4 is 5.63 Å². The van der Waals surface area contributed by atoms with Crippen molar-refractivity contribution in [1.29, 1.82) is 0 Å². The van der Waals surface area contributed by atoms with Crippen LogP contribution in [-0.4, -0.2) is 0 Å². The second-order valence-electron chi connectivity index (χ2n) is 2.82. The number of hydrogen-bond donors (Lipinski definition) is 0. The van der Waals surface area contributed by atoms with Crippen molar-refractivity contribution in [3.8, 4) is 0 Å². The Hall–Kier alpha value is -0.840. The summed E-state index contributed by atoms with van der Waals surface area (Å²) in [4.78, 5) is 11.3. The van der Waals surface area contributed by atoms with Gasteiger partial charge in [-0.3, -0.25) is 0 Å². The molecule has 2 rings (SSSR count). The largest absolute Gasteiger partial charge is 0.422 e. The summed E-state index contributed by atoms with van der Waals surface area (Å²) in [6.07, 6.45) is 0. The van der Waals surface area contributed by atoms with Gasteiger partial charge in [-0.1, -0.05) is 18.2 Å². The van der Waals surface area contributed by atoms with Gasteiger partial charge in [0, 0.05) is 14.5 Å². The summed E-state index contributed by atoms with van der Waals surface area (Å²) in [6.45, 7) is 1.78. The molecule has 0 atom stereocenters. The zero-order valence-electron chi connectivity index (χ0n) is 7.00. The molecule has 0 aliphatic heterocycles. The predicted octanol–water partition coefficient (Wildman–Crippen LogP) is 2.71. The van der Waals surface area contributed by atoms with Gasteiger partial charge in [-0.25, -0.2) is 4.79 Å². The highest BCUT2D eigenvalue weighted by atomic mass is 127. The van der Waals surface area contributed by atoms with E-state index in [1.807, 2.05) is 18.2 Å². The molecule has 2 nitrogen and oxygen atoms in total. The van der Waals surface area contributed by atoms with Crippen molar-refractivity contribution in [2.75, 3.05) is 0 Å². The van der Waals surface area contributed by atoms with E-state index in [0.717, 1.165) is 8.96 Å². The second-order valence-corrected chi connectivity index (χ2v) is 3.90. The van der Waals surface area contributed by atoms with E-state index in [9.17, 15) is 4.79 Å². The van der Waals surface area contributed by atoms with Crippen LogP contribution in [0.25, 0.3) is 11.0 Å². The van der Waals surface area contributed by atoms with Gasteiger partial charge in [-0.15, -0.1) is 0 Å². The average Bonchev–Trinajstić information content (AvgIpc) is 2.15. The van der Waals surface area contributed by atoms with E-state index in [-0.39, 0.29) is 5.63 Å². The van der Waals surface area contributed by atoms with Crippen LogP contribution in [0.2, 0.25) is 0 Å². The monoisotopic (exact) mass is 286 g/mol. The van der Waals surface area contributed by atoms with Crippen molar-refractivity contribution in [3.05, 3.63) is 43.8 Å². The highest BCUT2D eigenvalue weighted by Crippen LogP contribution is 2.20. The normalized spacial score (nSPS) is 10.6. The number of fused-ring (bicyclic) bond motifs is 1.